The molecule has 0 radical (unpaired) electrons. The van der Waals surface area contributed by atoms with Crippen LogP contribution in [0.2, 0.25) is 0 Å². The molecule has 2 fully saturated rings. The Labute approximate surface area is 112 Å². The summed E-state index contributed by atoms with van der Waals surface area (Å²) in [6.07, 6.45) is 6.59. The fourth-order valence-electron chi connectivity index (χ4n) is 3.77. The molecule has 0 bridgehead atoms. The molecule has 2 atom stereocenters. The first kappa shape index (κ1) is 11.1. The van der Waals surface area contributed by atoms with Crippen LogP contribution < -0.4 is 10.6 Å². The van der Waals surface area contributed by atoms with Gasteiger partial charge in [-0.15, -0.1) is 0 Å². The summed E-state index contributed by atoms with van der Waals surface area (Å²) in [5.41, 5.74) is 8.27. The Balaban J connectivity index is 1.75. The molecule has 2 N–H and O–H groups in total. The smallest absolute Gasteiger partial charge is 0.298 e. The highest BCUT2D eigenvalue weighted by molar-refractivity contribution is 5.86. The largest absolute Gasteiger partial charge is 0.423 e. The molecule has 4 rings (SSSR count). The van der Waals surface area contributed by atoms with E-state index in [4.69, 9.17) is 10.2 Å². The van der Waals surface area contributed by atoms with Crippen LogP contribution in [0.5, 0.6) is 0 Å². The predicted octanol–water partition coefficient (Wildman–Crippen LogP) is 3.18. The van der Waals surface area contributed by atoms with Gasteiger partial charge >= 0.3 is 0 Å². The van der Waals surface area contributed by atoms with Gasteiger partial charge in [-0.05, 0) is 43.7 Å². The maximum absolute atomic E-state index is 5.96. The van der Waals surface area contributed by atoms with E-state index >= 15 is 0 Å². The van der Waals surface area contributed by atoms with Gasteiger partial charge in [0.15, 0.2) is 5.58 Å². The van der Waals surface area contributed by atoms with Crippen molar-refractivity contribution in [2.24, 2.45) is 5.92 Å². The monoisotopic (exact) mass is 257 g/mol. The lowest BCUT2D eigenvalue weighted by Crippen LogP contribution is -2.42. The Morgan fingerprint density at radius 1 is 1.21 bits per heavy atom. The minimum absolute atomic E-state index is 0.628. The highest BCUT2D eigenvalue weighted by Crippen LogP contribution is 2.39. The molecule has 2 aromatic rings. The highest BCUT2D eigenvalue weighted by atomic mass is 16.4. The number of hydrogen-bond donors (Lipinski definition) is 1. The summed E-state index contributed by atoms with van der Waals surface area (Å²) >= 11 is 0. The molecule has 1 aromatic heterocycles. The van der Waals surface area contributed by atoms with E-state index < -0.39 is 0 Å². The van der Waals surface area contributed by atoms with Crippen LogP contribution in [0.25, 0.3) is 11.1 Å². The quantitative estimate of drug-likeness (QED) is 0.797. The van der Waals surface area contributed by atoms with Gasteiger partial charge in [-0.2, -0.15) is 4.98 Å². The first-order valence-corrected chi connectivity index (χ1v) is 7.24. The molecule has 1 aliphatic carbocycles. The van der Waals surface area contributed by atoms with Gasteiger partial charge in [-0.3, -0.25) is 0 Å². The minimum Gasteiger partial charge on any atom is -0.423 e. The number of hydrogen-bond acceptors (Lipinski definition) is 4. The van der Waals surface area contributed by atoms with Crippen LogP contribution in [0.15, 0.2) is 22.6 Å². The number of rotatable bonds is 1. The molecule has 0 amide bonds. The zero-order valence-corrected chi connectivity index (χ0v) is 11.0. The van der Waals surface area contributed by atoms with Crippen LogP contribution in [0, 0.1) is 5.92 Å². The van der Waals surface area contributed by atoms with Crippen molar-refractivity contribution in [3.63, 3.8) is 0 Å². The zero-order valence-electron chi connectivity index (χ0n) is 11.0. The molecule has 19 heavy (non-hydrogen) atoms. The second-order valence-corrected chi connectivity index (χ2v) is 5.78. The maximum atomic E-state index is 5.96. The fraction of sp³-hybridized carbons (Fsp3) is 0.533. The number of oxazole rings is 1. The van der Waals surface area contributed by atoms with E-state index in [1.54, 1.807) is 0 Å². The number of fused-ring (bicyclic) bond motifs is 2. The summed E-state index contributed by atoms with van der Waals surface area (Å²) in [5.74, 6) is 0.834. The van der Waals surface area contributed by atoms with E-state index in [2.05, 4.69) is 9.88 Å². The van der Waals surface area contributed by atoms with Gasteiger partial charge in [0.25, 0.3) is 6.01 Å². The third-order valence-electron chi connectivity index (χ3n) is 4.68. The van der Waals surface area contributed by atoms with Crippen LogP contribution in [0.1, 0.15) is 32.1 Å². The number of nitrogens with zero attached hydrogens (tertiary/aromatic N) is 2. The van der Waals surface area contributed by atoms with Crippen LogP contribution in [-0.2, 0) is 0 Å². The van der Waals surface area contributed by atoms with Gasteiger partial charge < -0.3 is 15.1 Å². The molecule has 1 saturated heterocycles. The third kappa shape index (κ3) is 1.70. The summed E-state index contributed by atoms with van der Waals surface area (Å²) in [7, 11) is 0. The number of benzene rings is 1. The summed E-state index contributed by atoms with van der Waals surface area (Å²) in [5, 5.41) is 0. The Hall–Kier alpha value is -1.71. The number of piperidine rings is 1. The number of para-hydroxylation sites is 1. The fourth-order valence-corrected chi connectivity index (χ4v) is 3.77. The Bertz CT molecular complexity index is 606. The predicted molar refractivity (Wildman–Crippen MR) is 76.1 cm³/mol. The van der Waals surface area contributed by atoms with E-state index in [9.17, 15) is 0 Å². The summed E-state index contributed by atoms with van der Waals surface area (Å²) < 4.78 is 5.93. The molecule has 1 aromatic carbocycles. The van der Waals surface area contributed by atoms with Gasteiger partial charge in [0, 0.05) is 12.6 Å². The molecule has 2 unspecified atom stereocenters. The van der Waals surface area contributed by atoms with Gasteiger partial charge in [0.2, 0.25) is 0 Å². The first-order valence-electron chi connectivity index (χ1n) is 7.24. The lowest BCUT2D eigenvalue weighted by atomic mass is 9.92. The van der Waals surface area contributed by atoms with Crippen molar-refractivity contribution in [3.8, 4) is 0 Å². The van der Waals surface area contributed by atoms with E-state index in [0.717, 1.165) is 29.6 Å². The van der Waals surface area contributed by atoms with E-state index in [-0.39, 0.29) is 0 Å². The molecular formula is C15H19N3O. The second-order valence-electron chi connectivity index (χ2n) is 5.78. The molecule has 2 heterocycles. The number of nitrogens with two attached hydrogens (primary N) is 1. The van der Waals surface area contributed by atoms with Crippen molar-refractivity contribution in [1.82, 2.24) is 4.98 Å². The van der Waals surface area contributed by atoms with E-state index in [1.807, 2.05) is 18.2 Å². The number of anilines is 2. The SMILES string of the molecule is Nc1cccc2oc(N3CCCC4CCCC43)nc12. The number of aromatic nitrogens is 1. The van der Waals surface area contributed by atoms with Crippen molar-refractivity contribution >= 4 is 22.8 Å². The van der Waals surface area contributed by atoms with Crippen molar-refractivity contribution in [2.45, 2.75) is 38.1 Å². The summed E-state index contributed by atoms with van der Waals surface area (Å²) in [6.45, 7) is 1.06. The van der Waals surface area contributed by atoms with Crippen LogP contribution in [0.3, 0.4) is 0 Å². The van der Waals surface area contributed by atoms with E-state index in [0.29, 0.717) is 11.7 Å². The lowest BCUT2D eigenvalue weighted by molar-refractivity contribution is 0.345. The van der Waals surface area contributed by atoms with Gasteiger partial charge in [0.1, 0.15) is 5.52 Å². The van der Waals surface area contributed by atoms with Crippen LogP contribution in [-0.4, -0.2) is 17.6 Å². The van der Waals surface area contributed by atoms with Gasteiger partial charge in [-0.1, -0.05) is 12.5 Å². The third-order valence-corrected chi connectivity index (χ3v) is 4.68. The first-order chi connectivity index (χ1) is 9.33. The number of nitrogen functional groups attached to an aromatic ring is 1. The van der Waals surface area contributed by atoms with Crippen molar-refractivity contribution in [3.05, 3.63) is 18.2 Å². The highest BCUT2D eigenvalue weighted by Gasteiger charge is 2.37. The van der Waals surface area contributed by atoms with Gasteiger partial charge in [-0.25, -0.2) is 0 Å². The molecule has 100 valence electrons. The Morgan fingerprint density at radius 2 is 2.11 bits per heavy atom. The summed E-state index contributed by atoms with van der Waals surface area (Å²) in [4.78, 5) is 7.01. The molecular weight excluding hydrogens is 238 g/mol. The Kier molecular flexibility index (Phi) is 2.43. The second kappa shape index (κ2) is 4.15. The van der Waals surface area contributed by atoms with Crippen LogP contribution >= 0.6 is 0 Å². The van der Waals surface area contributed by atoms with Crippen molar-refractivity contribution < 1.29 is 4.42 Å². The van der Waals surface area contributed by atoms with Gasteiger partial charge in [0.05, 0.1) is 5.69 Å². The maximum Gasteiger partial charge on any atom is 0.298 e. The molecule has 2 aliphatic rings. The molecule has 0 spiro atoms. The standard InChI is InChI=1S/C15H19N3O/c16-11-6-2-8-13-14(11)17-15(19-13)18-9-3-5-10-4-1-7-12(10)18/h2,6,8,10,12H,1,3-5,7,9,16H2. The van der Waals surface area contributed by atoms with Crippen molar-refractivity contribution in [1.29, 1.82) is 0 Å². The average Bonchev–Trinajstić information content (AvgIpc) is 3.05. The topological polar surface area (TPSA) is 55.3 Å². The minimum atomic E-state index is 0.628. The van der Waals surface area contributed by atoms with E-state index in [1.165, 1.54) is 32.1 Å². The zero-order chi connectivity index (χ0) is 12.8. The van der Waals surface area contributed by atoms with Crippen LogP contribution in [0.4, 0.5) is 11.7 Å². The molecule has 1 saturated carbocycles. The molecule has 4 nitrogen and oxygen atoms in total. The van der Waals surface area contributed by atoms with Crippen molar-refractivity contribution in [2.75, 3.05) is 17.2 Å². The summed E-state index contributed by atoms with van der Waals surface area (Å²) in [6, 6.07) is 7.13. The molecule has 4 heteroatoms. The lowest BCUT2D eigenvalue weighted by Gasteiger charge is -2.36. The normalized spacial score (nSPS) is 26.8. The average molecular weight is 257 g/mol. The Morgan fingerprint density at radius 3 is 3.00 bits per heavy atom. The molecule has 1 aliphatic heterocycles.